The van der Waals surface area contributed by atoms with Gasteiger partial charge in [0, 0.05) is 5.56 Å². The summed E-state index contributed by atoms with van der Waals surface area (Å²) in [4.78, 5) is 12.6. The number of hydrogen-bond donors (Lipinski definition) is 3. The maximum absolute atomic E-state index is 12.9. The van der Waals surface area contributed by atoms with E-state index in [1.165, 1.54) is 60.7 Å². The lowest BCUT2D eigenvalue weighted by atomic mass is 10.1. The zero-order chi connectivity index (χ0) is 29.8. The van der Waals surface area contributed by atoms with Crippen molar-refractivity contribution in [3.05, 3.63) is 107 Å². The number of nitrogens with one attached hydrogen (secondary N) is 2. The molecule has 0 aliphatic heterocycles. The summed E-state index contributed by atoms with van der Waals surface area (Å²) in [5.74, 6) is -0.398. The molecule has 0 unspecified atom stereocenters. The Hall–Kier alpha value is -4.39. The highest BCUT2D eigenvalue weighted by Gasteiger charge is 2.21. The van der Waals surface area contributed by atoms with Gasteiger partial charge in [0.1, 0.15) is 11.5 Å². The van der Waals surface area contributed by atoms with Gasteiger partial charge in [-0.15, -0.1) is 0 Å². The van der Waals surface area contributed by atoms with Crippen LogP contribution in [0, 0.1) is 13.8 Å². The van der Waals surface area contributed by atoms with Crippen LogP contribution in [0.2, 0.25) is 0 Å². The summed E-state index contributed by atoms with van der Waals surface area (Å²) in [5, 5.41) is 9.90. The minimum absolute atomic E-state index is 0.0123. The largest absolute Gasteiger partial charge is 0.465 e. The number of benzene rings is 4. The first-order chi connectivity index (χ1) is 19.4. The Morgan fingerprint density at radius 2 is 1.17 bits per heavy atom. The second kappa shape index (κ2) is 12.0. The lowest BCUT2D eigenvalue weighted by molar-refractivity contribution is 0.0601. The number of methoxy groups -OCH3 is 1. The Balaban J connectivity index is 1.59. The Labute approximate surface area is 238 Å². The molecule has 0 saturated heterocycles. The van der Waals surface area contributed by atoms with Gasteiger partial charge in [0.05, 0.1) is 40.4 Å². The molecule has 0 amide bonds. The molecule has 0 saturated carbocycles. The summed E-state index contributed by atoms with van der Waals surface area (Å²) in [6.07, 6.45) is 0. The zero-order valence-corrected chi connectivity index (χ0v) is 24.0. The van der Waals surface area contributed by atoms with Gasteiger partial charge in [0.15, 0.2) is 0 Å². The number of aliphatic hydroxyl groups is 1. The Morgan fingerprint density at radius 3 is 1.66 bits per heavy atom. The van der Waals surface area contributed by atoms with Gasteiger partial charge in [-0.3, -0.25) is 9.44 Å². The molecule has 0 atom stereocenters. The minimum atomic E-state index is -4.00. The molecule has 4 aromatic carbocycles. The van der Waals surface area contributed by atoms with E-state index >= 15 is 0 Å². The van der Waals surface area contributed by atoms with Crippen LogP contribution < -0.4 is 14.2 Å². The van der Waals surface area contributed by atoms with Crippen molar-refractivity contribution in [2.45, 2.75) is 30.2 Å². The maximum Gasteiger partial charge on any atom is 0.340 e. The molecule has 41 heavy (non-hydrogen) atoms. The summed E-state index contributed by atoms with van der Waals surface area (Å²) in [6.45, 7) is 3.19. The monoisotopic (exact) mass is 596 g/mol. The third-order valence-electron chi connectivity index (χ3n) is 6.03. The van der Waals surface area contributed by atoms with Gasteiger partial charge in [-0.2, -0.15) is 0 Å². The van der Waals surface area contributed by atoms with Gasteiger partial charge in [-0.1, -0.05) is 35.4 Å². The van der Waals surface area contributed by atoms with Crippen molar-refractivity contribution in [3.63, 3.8) is 0 Å². The smallest absolute Gasteiger partial charge is 0.340 e. The average Bonchev–Trinajstić information content (AvgIpc) is 2.94. The van der Waals surface area contributed by atoms with E-state index in [0.29, 0.717) is 0 Å². The minimum Gasteiger partial charge on any atom is -0.465 e. The molecule has 214 valence electrons. The van der Waals surface area contributed by atoms with Crippen LogP contribution in [0.1, 0.15) is 27.0 Å². The first-order valence-corrected chi connectivity index (χ1v) is 15.2. The predicted octanol–water partition coefficient (Wildman–Crippen LogP) is 4.98. The Bertz CT molecular complexity index is 1790. The summed E-state index contributed by atoms with van der Waals surface area (Å²) in [5.41, 5.74) is 2.10. The Morgan fingerprint density at radius 1 is 0.707 bits per heavy atom. The van der Waals surface area contributed by atoms with Crippen LogP contribution >= 0.6 is 0 Å². The molecule has 10 nitrogen and oxygen atoms in total. The lowest BCUT2D eigenvalue weighted by Crippen LogP contribution is -2.16. The highest BCUT2D eigenvalue weighted by atomic mass is 32.2. The van der Waals surface area contributed by atoms with Gasteiger partial charge in [-0.05, 0) is 74.5 Å². The van der Waals surface area contributed by atoms with Gasteiger partial charge < -0.3 is 14.6 Å². The van der Waals surface area contributed by atoms with Gasteiger partial charge in [0.25, 0.3) is 20.0 Å². The van der Waals surface area contributed by atoms with Crippen LogP contribution in [0.5, 0.6) is 11.5 Å². The van der Waals surface area contributed by atoms with Crippen molar-refractivity contribution in [3.8, 4) is 11.5 Å². The summed E-state index contributed by atoms with van der Waals surface area (Å²) < 4.78 is 67.0. The van der Waals surface area contributed by atoms with Gasteiger partial charge in [-0.25, -0.2) is 21.6 Å². The standard InChI is InChI=1S/C29H28N2O8S2/c1-19-4-10-24(11-5-19)40(34,35)30-27-14-8-22(16-21(27)18-32)39-23-9-15-28(26(17-23)29(33)38-3)31-41(36,37)25-12-6-20(2)7-13-25/h4-17,30-32H,18H2,1-3H3. The highest BCUT2D eigenvalue weighted by Crippen LogP contribution is 2.31. The van der Waals surface area contributed by atoms with Gasteiger partial charge >= 0.3 is 5.97 Å². The van der Waals surface area contributed by atoms with E-state index in [1.54, 1.807) is 24.3 Å². The van der Waals surface area contributed by atoms with Crippen molar-refractivity contribution in [2.24, 2.45) is 0 Å². The quantitative estimate of drug-likeness (QED) is 0.217. The summed E-state index contributed by atoms with van der Waals surface area (Å²) in [6, 6.07) is 21.1. The van der Waals surface area contributed by atoms with E-state index in [1.807, 2.05) is 13.8 Å². The number of carbonyl (C=O) groups excluding carboxylic acids is 1. The van der Waals surface area contributed by atoms with Gasteiger partial charge in [0.2, 0.25) is 0 Å². The van der Waals surface area contributed by atoms with Crippen LogP contribution in [0.3, 0.4) is 0 Å². The molecular weight excluding hydrogens is 568 g/mol. The molecule has 4 aromatic rings. The first kappa shape index (κ1) is 29.6. The number of ether oxygens (including phenoxy) is 2. The first-order valence-electron chi connectivity index (χ1n) is 12.2. The normalized spacial score (nSPS) is 11.5. The fraction of sp³-hybridized carbons (Fsp3) is 0.138. The van der Waals surface area contributed by atoms with Crippen LogP contribution in [0.15, 0.2) is 94.7 Å². The van der Waals surface area contributed by atoms with Crippen LogP contribution in [-0.4, -0.2) is 35.0 Å². The van der Waals surface area contributed by atoms with E-state index in [4.69, 9.17) is 9.47 Å². The van der Waals surface area contributed by atoms with E-state index in [0.717, 1.165) is 18.2 Å². The number of aryl methyl sites for hydroxylation is 2. The number of anilines is 2. The number of carbonyl (C=O) groups is 1. The second-order valence-electron chi connectivity index (χ2n) is 9.12. The Kier molecular flexibility index (Phi) is 8.66. The molecule has 0 aromatic heterocycles. The second-order valence-corrected chi connectivity index (χ2v) is 12.5. The van der Waals surface area contributed by atoms with Crippen molar-refractivity contribution in [1.82, 2.24) is 0 Å². The van der Waals surface area contributed by atoms with Crippen LogP contribution in [0.4, 0.5) is 11.4 Å². The zero-order valence-electron chi connectivity index (χ0n) is 22.4. The molecule has 0 bridgehead atoms. The van der Waals surface area contributed by atoms with E-state index in [2.05, 4.69) is 9.44 Å². The molecule has 0 heterocycles. The maximum atomic E-state index is 12.9. The topological polar surface area (TPSA) is 148 Å². The third-order valence-corrected chi connectivity index (χ3v) is 8.79. The summed E-state index contributed by atoms with van der Waals surface area (Å²) >= 11 is 0. The fourth-order valence-electron chi connectivity index (χ4n) is 3.80. The van der Waals surface area contributed by atoms with Crippen molar-refractivity contribution >= 4 is 37.4 Å². The third kappa shape index (κ3) is 7.04. The fourth-order valence-corrected chi connectivity index (χ4v) is 5.98. The van der Waals surface area contributed by atoms with E-state index < -0.39 is 32.6 Å². The molecule has 0 spiro atoms. The SMILES string of the molecule is COC(=O)c1cc(Oc2ccc(NS(=O)(=O)c3ccc(C)cc3)c(CO)c2)ccc1NS(=O)(=O)c1ccc(C)cc1. The van der Waals surface area contributed by atoms with Crippen molar-refractivity contribution in [1.29, 1.82) is 0 Å². The number of esters is 1. The number of hydrogen-bond acceptors (Lipinski definition) is 8. The number of aliphatic hydroxyl groups excluding tert-OH is 1. The highest BCUT2D eigenvalue weighted by molar-refractivity contribution is 7.93. The predicted molar refractivity (Wildman–Crippen MR) is 154 cm³/mol. The molecule has 4 rings (SSSR count). The molecule has 0 aliphatic carbocycles. The molecule has 12 heteroatoms. The lowest BCUT2D eigenvalue weighted by Gasteiger charge is -2.15. The average molecular weight is 597 g/mol. The molecule has 0 fully saturated rings. The summed E-state index contributed by atoms with van der Waals surface area (Å²) in [7, 11) is -6.74. The number of rotatable bonds is 10. The van der Waals surface area contributed by atoms with E-state index in [9.17, 15) is 26.7 Å². The molecule has 0 radical (unpaired) electrons. The van der Waals surface area contributed by atoms with Crippen LogP contribution in [-0.2, 0) is 31.4 Å². The molecule has 3 N–H and O–H groups in total. The van der Waals surface area contributed by atoms with Crippen molar-refractivity contribution < 1.29 is 36.2 Å². The number of sulfonamides is 2. The van der Waals surface area contributed by atoms with E-state index in [-0.39, 0.29) is 43.8 Å². The molecular formula is C29H28N2O8S2. The van der Waals surface area contributed by atoms with Crippen LogP contribution in [0.25, 0.3) is 0 Å². The molecule has 0 aliphatic rings. The van der Waals surface area contributed by atoms with Crippen molar-refractivity contribution in [2.75, 3.05) is 16.6 Å².